The third kappa shape index (κ3) is 4.38. The van der Waals surface area contributed by atoms with Gasteiger partial charge in [-0.25, -0.2) is 0 Å². The number of benzene rings is 1. The number of carbonyl (C=O) groups excluding carboxylic acids is 3. The zero-order valence-electron chi connectivity index (χ0n) is 17.8. The molecule has 3 amide bonds. The molecule has 0 aromatic heterocycles. The van der Waals surface area contributed by atoms with E-state index in [9.17, 15) is 14.4 Å². The first-order valence-electron chi connectivity index (χ1n) is 10.4. The van der Waals surface area contributed by atoms with Crippen molar-refractivity contribution in [2.75, 3.05) is 39.8 Å². The monoisotopic (exact) mass is 401 g/mol. The van der Waals surface area contributed by atoms with Gasteiger partial charge in [-0.15, -0.1) is 0 Å². The van der Waals surface area contributed by atoms with Gasteiger partial charge in [0.15, 0.2) is 0 Å². The standard InChI is InChI=1S/C22H31N3O4/c1-15(2)20(25-9-5-6-19(25)26)22(28)24-12-10-23(11-13-24)21(27)17-8-7-16(3)18(14-17)29-4/h7-8,14-15,20H,5-6,9-13H2,1-4H3. The molecule has 1 aromatic rings. The molecule has 1 atom stereocenters. The average Bonchev–Trinajstić information content (AvgIpc) is 3.13. The number of hydrogen-bond acceptors (Lipinski definition) is 4. The van der Waals surface area contributed by atoms with Crippen LogP contribution in [-0.2, 0) is 9.59 Å². The number of amides is 3. The van der Waals surface area contributed by atoms with Crippen LogP contribution in [0.5, 0.6) is 5.75 Å². The van der Waals surface area contributed by atoms with Gasteiger partial charge in [0.1, 0.15) is 11.8 Å². The molecule has 2 heterocycles. The van der Waals surface area contributed by atoms with Crippen LogP contribution in [-0.4, -0.2) is 78.3 Å². The molecular formula is C22H31N3O4. The highest BCUT2D eigenvalue weighted by molar-refractivity contribution is 5.95. The Labute approximate surface area is 172 Å². The van der Waals surface area contributed by atoms with Crippen molar-refractivity contribution in [2.45, 2.75) is 39.7 Å². The highest BCUT2D eigenvalue weighted by atomic mass is 16.5. The summed E-state index contributed by atoms with van der Waals surface area (Å²) in [6, 6.07) is 5.05. The highest BCUT2D eigenvalue weighted by Gasteiger charge is 2.38. The second kappa shape index (κ2) is 8.84. The van der Waals surface area contributed by atoms with Crippen molar-refractivity contribution in [3.63, 3.8) is 0 Å². The maximum Gasteiger partial charge on any atom is 0.254 e. The van der Waals surface area contributed by atoms with E-state index in [4.69, 9.17) is 4.74 Å². The zero-order valence-corrected chi connectivity index (χ0v) is 17.8. The predicted octanol–water partition coefficient (Wildman–Crippen LogP) is 1.94. The fraction of sp³-hybridized carbons (Fsp3) is 0.591. The molecule has 2 saturated heterocycles. The molecule has 7 nitrogen and oxygen atoms in total. The van der Waals surface area contributed by atoms with Gasteiger partial charge in [-0.2, -0.15) is 0 Å². The van der Waals surface area contributed by atoms with Crippen LogP contribution in [0.1, 0.15) is 42.6 Å². The first kappa shape index (κ1) is 21.1. The van der Waals surface area contributed by atoms with Crippen LogP contribution >= 0.6 is 0 Å². The number of likely N-dealkylation sites (tertiary alicyclic amines) is 1. The number of carbonyl (C=O) groups is 3. The van der Waals surface area contributed by atoms with Crippen LogP contribution in [0.25, 0.3) is 0 Å². The van der Waals surface area contributed by atoms with Crippen LogP contribution < -0.4 is 4.74 Å². The van der Waals surface area contributed by atoms with Crippen LogP contribution in [0.4, 0.5) is 0 Å². The molecule has 29 heavy (non-hydrogen) atoms. The van der Waals surface area contributed by atoms with E-state index in [1.54, 1.807) is 27.9 Å². The Balaban J connectivity index is 1.64. The summed E-state index contributed by atoms with van der Waals surface area (Å²) < 4.78 is 5.32. The van der Waals surface area contributed by atoms with Crippen LogP contribution in [0.2, 0.25) is 0 Å². The molecule has 2 aliphatic heterocycles. The Kier molecular flexibility index (Phi) is 6.45. The molecule has 0 N–H and O–H groups in total. The van der Waals surface area contributed by atoms with Crippen molar-refractivity contribution in [3.05, 3.63) is 29.3 Å². The van der Waals surface area contributed by atoms with Gasteiger partial charge in [0, 0.05) is 44.7 Å². The predicted molar refractivity (Wildman–Crippen MR) is 110 cm³/mol. The third-order valence-corrected chi connectivity index (χ3v) is 5.86. The minimum absolute atomic E-state index is 0.000598. The number of ether oxygens (including phenoxy) is 1. The van der Waals surface area contributed by atoms with Gasteiger partial charge in [-0.3, -0.25) is 14.4 Å². The molecule has 3 rings (SSSR count). The number of piperazine rings is 1. The Hall–Kier alpha value is -2.57. The van der Waals surface area contributed by atoms with Gasteiger partial charge in [-0.05, 0) is 37.0 Å². The Morgan fingerprint density at radius 2 is 1.69 bits per heavy atom. The quantitative estimate of drug-likeness (QED) is 0.756. The summed E-state index contributed by atoms with van der Waals surface area (Å²) in [5, 5.41) is 0. The van der Waals surface area contributed by atoms with Crippen LogP contribution in [0.15, 0.2) is 18.2 Å². The summed E-state index contributed by atoms with van der Waals surface area (Å²) in [6.45, 7) is 8.50. The molecule has 2 fully saturated rings. The summed E-state index contributed by atoms with van der Waals surface area (Å²) >= 11 is 0. The van der Waals surface area contributed by atoms with Gasteiger partial charge in [0.25, 0.3) is 5.91 Å². The van der Waals surface area contributed by atoms with Crippen molar-refractivity contribution < 1.29 is 19.1 Å². The number of rotatable bonds is 5. The van der Waals surface area contributed by atoms with E-state index in [0.717, 1.165) is 12.0 Å². The van der Waals surface area contributed by atoms with E-state index in [1.807, 2.05) is 32.9 Å². The lowest BCUT2D eigenvalue weighted by Gasteiger charge is -2.39. The summed E-state index contributed by atoms with van der Waals surface area (Å²) in [5.74, 6) is 0.771. The first-order chi connectivity index (χ1) is 13.8. The molecule has 0 bridgehead atoms. The van der Waals surface area contributed by atoms with Crippen molar-refractivity contribution in [2.24, 2.45) is 5.92 Å². The summed E-state index contributed by atoms with van der Waals surface area (Å²) in [4.78, 5) is 43.5. The lowest BCUT2D eigenvalue weighted by atomic mass is 10.0. The topological polar surface area (TPSA) is 70.2 Å². The largest absolute Gasteiger partial charge is 0.496 e. The lowest BCUT2D eigenvalue weighted by Crippen LogP contribution is -2.57. The Bertz CT molecular complexity index is 784. The number of nitrogens with zero attached hydrogens (tertiary/aromatic N) is 3. The third-order valence-electron chi connectivity index (χ3n) is 5.86. The van der Waals surface area contributed by atoms with Crippen LogP contribution in [0.3, 0.4) is 0 Å². The molecule has 0 spiro atoms. The normalized spacial score (nSPS) is 18.4. The molecule has 7 heteroatoms. The number of methoxy groups -OCH3 is 1. The molecule has 1 aromatic carbocycles. The molecule has 158 valence electrons. The van der Waals surface area contributed by atoms with E-state index >= 15 is 0 Å². The summed E-state index contributed by atoms with van der Waals surface area (Å²) in [6.07, 6.45) is 1.34. The van der Waals surface area contributed by atoms with E-state index < -0.39 is 6.04 Å². The fourth-order valence-electron chi connectivity index (χ4n) is 4.19. The van der Waals surface area contributed by atoms with Gasteiger partial charge in [-0.1, -0.05) is 19.9 Å². The zero-order chi connectivity index (χ0) is 21.1. The molecule has 1 unspecified atom stereocenters. The van der Waals surface area contributed by atoms with E-state index in [0.29, 0.717) is 50.5 Å². The molecule has 0 saturated carbocycles. The van der Waals surface area contributed by atoms with Gasteiger partial charge in [0.05, 0.1) is 7.11 Å². The van der Waals surface area contributed by atoms with E-state index in [-0.39, 0.29) is 23.6 Å². The van der Waals surface area contributed by atoms with Gasteiger partial charge >= 0.3 is 0 Å². The lowest BCUT2D eigenvalue weighted by molar-refractivity contribution is -0.146. The maximum atomic E-state index is 13.2. The van der Waals surface area contributed by atoms with E-state index in [2.05, 4.69) is 0 Å². The van der Waals surface area contributed by atoms with Crippen molar-refractivity contribution in [1.29, 1.82) is 0 Å². The minimum atomic E-state index is -0.409. The van der Waals surface area contributed by atoms with Crippen LogP contribution in [0, 0.1) is 12.8 Å². The number of hydrogen-bond donors (Lipinski definition) is 0. The Morgan fingerprint density at radius 1 is 1.03 bits per heavy atom. The van der Waals surface area contributed by atoms with Crippen molar-refractivity contribution in [1.82, 2.24) is 14.7 Å². The van der Waals surface area contributed by atoms with Gasteiger partial charge in [0.2, 0.25) is 11.8 Å². The summed E-state index contributed by atoms with van der Waals surface area (Å²) in [5.41, 5.74) is 1.57. The highest BCUT2D eigenvalue weighted by Crippen LogP contribution is 2.23. The molecule has 0 aliphatic carbocycles. The number of aryl methyl sites for hydroxylation is 1. The first-order valence-corrected chi connectivity index (χ1v) is 10.4. The smallest absolute Gasteiger partial charge is 0.254 e. The average molecular weight is 402 g/mol. The molecule has 0 radical (unpaired) electrons. The molecule has 2 aliphatic rings. The Morgan fingerprint density at radius 3 is 2.24 bits per heavy atom. The van der Waals surface area contributed by atoms with E-state index in [1.165, 1.54) is 0 Å². The van der Waals surface area contributed by atoms with Crippen molar-refractivity contribution in [3.8, 4) is 5.75 Å². The minimum Gasteiger partial charge on any atom is -0.496 e. The van der Waals surface area contributed by atoms with Crippen molar-refractivity contribution >= 4 is 17.7 Å². The SMILES string of the molecule is COc1cc(C(=O)N2CCN(C(=O)C(C(C)C)N3CCCC3=O)CC2)ccc1C. The molecular weight excluding hydrogens is 370 g/mol. The second-order valence-corrected chi connectivity index (χ2v) is 8.18. The summed E-state index contributed by atoms with van der Waals surface area (Å²) in [7, 11) is 1.59. The van der Waals surface area contributed by atoms with Gasteiger partial charge < -0.3 is 19.4 Å². The maximum absolute atomic E-state index is 13.2. The fourth-order valence-corrected chi connectivity index (χ4v) is 4.19. The second-order valence-electron chi connectivity index (χ2n) is 8.18.